The first-order chi connectivity index (χ1) is 34.8. The van der Waals surface area contributed by atoms with E-state index in [2.05, 4.69) is 47.2 Å². The molecule has 0 saturated heterocycles. The minimum absolute atomic E-state index is 0.0243. The Morgan fingerprint density at radius 1 is 0.603 bits per heavy atom. The van der Waals surface area contributed by atoms with Gasteiger partial charge in [0.2, 0.25) is 53.2 Å². The molecule has 4 rings (SSSR count). The highest BCUT2D eigenvalue weighted by Gasteiger charge is 2.32. The molecule has 392 valence electrons. The van der Waals surface area contributed by atoms with Crippen molar-refractivity contribution in [2.24, 2.45) is 33.8 Å². The summed E-state index contributed by atoms with van der Waals surface area (Å²) in [6.07, 6.45) is 1.69. The van der Waals surface area contributed by atoms with Crippen molar-refractivity contribution >= 4 is 70.0 Å². The molecule has 0 radical (unpaired) electrons. The molecule has 0 saturated carbocycles. The van der Waals surface area contributed by atoms with Gasteiger partial charge < -0.3 is 70.2 Å². The maximum absolute atomic E-state index is 13.9. The van der Waals surface area contributed by atoms with Crippen molar-refractivity contribution in [2.75, 3.05) is 19.7 Å². The number of para-hydroxylation sites is 1. The van der Waals surface area contributed by atoms with Crippen molar-refractivity contribution in [3.8, 4) is 0 Å². The highest BCUT2D eigenvalue weighted by molar-refractivity contribution is 5.98. The number of nitrogens with one attached hydrogen (secondary N) is 8. The Kier molecular flexibility index (Phi) is 22.8. The second-order valence-electron chi connectivity index (χ2n) is 17.8. The summed E-state index contributed by atoms with van der Waals surface area (Å²) in [4.78, 5) is 126. The first-order valence-corrected chi connectivity index (χ1v) is 23.8. The lowest BCUT2D eigenvalue weighted by molar-refractivity contribution is -0.135. The van der Waals surface area contributed by atoms with E-state index in [0.717, 1.165) is 22.0 Å². The van der Waals surface area contributed by atoms with Crippen LogP contribution in [-0.2, 0) is 62.4 Å². The lowest BCUT2D eigenvalue weighted by atomic mass is 10.0. The molecule has 6 atom stereocenters. The Hall–Kier alpha value is -8.34. The van der Waals surface area contributed by atoms with E-state index in [1.807, 2.05) is 24.3 Å². The molecule has 0 aliphatic heterocycles. The lowest BCUT2D eigenvalue weighted by Gasteiger charge is -2.26. The van der Waals surface area contributed by atoms with E-state index < -0.39 is 109 Å². The maximum Gasteiger partial charge on any atom is 0.245 e. The van der Waals surface area contributed by atoms with Gasteiger partial charge in [-0.15, -0.1) is 0 Å². The first-order valence-electron chi connectivity index (χ1n) is 23.8. The first kappa shape index (κ1) is 57.2. The van der Waals surface area contributed by atoms with Crippen molar-refractivity contribution in [1.29, 1.82) is 0 Å². The number of aromatic nitrogens is 1. The fraction of sp³-hybridized carbons (Fsp3) is 0.400. The average Bonchev–Trinajstić information content (AvgIpc) is 3.77. The molecule has 0 unspecified atom stereocenters. The second-order valence-corrected chi connectivity index (χ2v) is 17.8. The number of nitrogens with two attached hydrogens (primary N) is 4. The van der Waals surface area contributed by atoms with Gasteiger partial charge in [0.1, 0.15) is 36.3 Å². The number of hydrogen-bond donors (Lipinski definition) is 13. The number of guanidine groups is 1. The van der Waals surface area contributed by atoms with Crippen LogP contribution in [0, 0.1) is 5.92 Å². The van der Waals surface area contributed by atoms with Gasteiger partial charge in [0, 0.05) is 42.9 Å². The Balaban J connectivity index is 1.42. The quantitative estimate of drug-likeness (QED) is 0.0154. The van der Waals surface area contributed by atoms with Gasteiger partial charge in [-0.3, -0.25) is 48.1 Å². The third-order valence-corrected chi connectivity index (χ3v) is 11.4. The van der Waals surface area contributed by atoms with Crippen molar-refractivity contribution in [1.82, 2.24) is 42.2 Å². The fourth-order valence-electron chi connectivity index (χ4n) is 7.69. The number of primary amides is 2. The van der Waals surface area contributed by atoms with Crippen molar-refractivity contribution in [3.05, 3.63) is 108 Å². The van der Waals surface area contributed by atoms with Crippen LogP contribution in [0.5, 0.6) is 0 Å². The average molecular weight is 1010 g/mol. The van der Waals surface area contributed by atoms with Crippen LogP contribution in [0.15, 0.2) is 96.1 Å². The molecule has 0 spiro atoms. The smallest absolute Gasteiger partial charge is 0.245 e. The lowest BCUT2D eigenvalue weighted by Crippen LogP contribution is -2.59. The molecule has 0 aliphatic carbocycles. The molecule has 73 heavy (non-hydrogen) atoms. The number of fused-ring (bicyclic) bond motifs is 1. The van der Waals surface area contributed by atoms with E-state index in [9.17, 15) is 48.3 Å². The molecule has 1 heterocycles. The maximum atomic E-state index is 13.9. The van der Waals surface area contributed by atoms with Gasteiger partial charge in [-0.2, -0.15) is 0 Å². The largest absolute Gasteiger partial charge is 0.394 e. The summed E-state index contributed by atoms with van der Waals surface area (Å²) in [6.45, 7) is 2.07. The Morgan fingerprint density at radius 3 is 1.74 bits per heavy atom. The zero-order valence-corrected chi connectivity index (χ0v) is 40.9. The van der Waals surface area contributed by atoms with Crippen LogP contribution < -0.4 is 60.2 Å². The molecule has 1 aromatic heterocycles. The zero-order valence-electron chi connectivity index (χ0n) is 40.9. The van der Waals surface area contributed by atoms with E-state index in [-0.39, 0.29) is 56.9 Å². The van der Waals surface area contributed by atoms with E-state index >= 15 is 0 Å². The number of carbonyl (C=O) groups excluding carboxylic acids is 9. The second kappa shape index (κ2) is 29.1. The fourth-order valence-corrected chi connectivity index (χ4v) is 7.69. The highest BCUT2D eigenvalue weighted by Crippen LogP contribution is 2.19. The van der Waals surface area contributed by atoms with Gasteiger partial charge in [0.05, 0.1) is 19.6 Å². The summed E-state index contributed by atoms with van der Waals surface area (Å²) in [5.74, 6) is -7.82. The normalized spacial score (nSPS) is 13.4. The number of aromatic amines is 1. The number of carbonyl (C=O) groups is 9. The van der Waals surface area contributed by atoms with Crippen molar-refractivity contribution in [3.63, 3.8) is 0 Å². The van der Waals surface area contributed by atoms with Crippen LogP contribution in [0.2, 0.25) is 0 Å². The highest BCUT2D eigenvalue weighted by atomic mass is 16.3. The number of rotatable bonds is 30. The summed E-state index contributed by atoms with van der Waals surface area (Å²) in [6, 6.07) is 16.7. The van der Waals surface area contributed by atoms with Crippen LogP contribution in [0.4, 0.5) is 0 Å². The van der Waals surface area contributed by atoms with E-state index in [1.165, 1.54) is 0 Å². The van der Waals surface area contributed by atoms with Gasteiger partial charge in [0.25, 0.3) is 0 Å². The predicted octanol–water partition coefficient (Wildman–Crippen LogP) is -1.94. The molecular weight excluding hydrogens is 943 g/mol. The van der Waals surface area contributed by atoms with Crippen molar-refractivity contribution in [2.45, 2.75) is 101 Å². The van der Waals surface area contributed by atoms with Crippen LogP contribution in [-0.4, -0.2) is 125 Å². The minimum atomic E-state index is -1.68. The molecule has 23 heteroatoms. The predicted molar refractivity (Wildman–Crippen MR) is 271 cm³/mol. The van der Waals surface area contributed by atoms with E-state index in [1.54, 1.807) is 80.7 Å². The number of benzene rings is 3. The van der Waals surface area contributed by atoms with E-state index in [0.29, 0.717) is 12.0 Å². The number of aliphatic hydroxyl groups excluding tert-OH is 1. The van der Waals surface area contributed by atoms with Crippen LogP contribution in [0.3, 0.4) is 0 Å². The van der Waals surface area contributed by atoms with Gasteiger partial charge in [0.15, 0.2) is 5.96 Å². The molecule has 0 fully saturated rings. The Morgan fingerprint density at radius 2 is 1.14 bits per heavy atom. The third-order valence-electron chi connectivity index (χ3n) is 11.4. The Labute approximate surface area is 422 Å². The summed E-state index contributed by atoms with van der Waals surface area (Å²) >= 11 is 0. The summed E-state index contributed by atoms with van der Waals surface area (Å²) in [5.41, 5.74) is 25.0. The van der Waals surface area contributed by atoms with Gasteiger partial charge in [-0.25, -0.2) is 0 Å². The third kappa shape index (κ3) is 19.8. The van der Waals surface area contributed by atoms with Crippen LogP contribution in [0.25, 0.3) is 10.9 Å². The number of H-pyrrole nitrogens is 1. The standard InChI is InChI=1S/C50H67N13O10/c1-29(2)22-37(47(71)60-35(18-11-21-55-50(53)54)46(70)61-36(44(52)68)23-30-12-5-3-6-13-30)59-43(67)27-57-45(69)38(24-31-14-7-4-8-15-31)62-49(73)40(28-64)63-48(72)39(25-41(51)65)58-42(66)20-19-32-26-56-34-17-10-9-16-33(32)34/h3-10,12-17,26,29,35-40,56,64H,11,18-25,27-28H2,1-2H3,(H2,51,65)(H2,52,68)(H,57,69)(H,58,66)(H,59,67)(H,60,71)(H,61,70)(H,62,73)(H,63,72)(H4,53,54,55)/t35-,36-,37-,38-,39-,40-/m0/s1. The van der Waals surface area contributed by atoms with Gasteiger partial charge >= 0.3 is 0 Å². The summed E-state index contributed by atoms with van der Waals surface area (Å²) < 4.78 is 0. The molecule has 9 amide bonds. The zero-order chi connectivity index (χ0) is 53.5. The Bertz CT molecular complexity index is 2550. The number of aliphatic imine (C=N–C) groups is 1. The SMILES string of the molecule is CC(C)C[C@H](NC(=O)CNC(=O)[C@H](Cc1ccccc1)NC(=O)[C@H](CO)NC(=O)[C@H](CC(N)=O)NC(=O)CCc1c[nH]c2ccccc12)C(=O)N[C@@H](CCCN=C(N)N)C(=O)N[C@@H](Cc1ccccc1)C(N)=O. The topological polar surface area (TPSA) is 390 Å². The molecule has 3 aromatic carbocycles. The van der Waals surface area contributed by atoms with Crippen molar-refractivity contribution < 1.29 is 48.3 Å². The number of amides is 9. The van der Waals surface area contributed by atoms with E-state index in [4.69, 9.17) is 22.9 Å². The molecule has 0 bridgehead atoms. The minimum Gasteiger partial charge on any atom is -0.394 e. The molecule has 4 aromatic rings. The molecule has 17 N–H and O–H groups in total. The van der Waals surface area contributed by atoms with Gasteiger partial charge in [-0.1, -0.05) is 92.7 Å². The molecular formula is C50H67N13O10. The number of aliphatic hydroxyl groups is 1. The summed E-state index contributed by atoms with van der Waals surface area (Å²) in [5, 5.41) is 28.8. The number of hydrogen-bond acceptors (Lipinski definition) is 11. The van der Waals surface area contributed by atoms with Crippen LogP contribution >= 0.6 is 0 Å². The molecule has 0 aliphatic rings. The monoisotopic (exact) mass is 1010 g/mol. The number of nitrogens with zero attached hydrogens (tertiary/aromatic N) is 1. The van der Waals surface area contributed by atoms with Crippen LogP contribution in [0.1, 0.15) is 62.6 Å². The number of aryl methyl sites for hydroxylation is 1. The van der Waals surface area contributed by atoms with Gasteiger partial charge in [-0.05, 0) is 54.4 Å². The molecule has 23 nitrogen and oxygen atoms in total. The summed E-state index contributed by atoms with van der Waals surface area (Å²) in [7, 11) is 0.